The van der Waals surface area contributed by atoms with Gasteiger partial charge in [-0.05, 0) is 25.8 Å². The summed E-state index contributed by atoms with van der Waals surface area (Å²) >= 11 is 0. The van der Waals surface area contributed by atoms with Crippen LogP contribution in [0.25, 0.3) is 0 Å². The number of nitrogens with two attached hydrogens (primary N) is 1. The lowest BCUT2D eigenvalue weighted by Crippen LogP contribution is -2.39. The monoisotopic (exact) mass is 267 g/mol. The third-order valence-corrected chi connectivity index (χ3v) is 3.65. The average molecular weight is 267 g/mol. The van der Waals surface area contributed by atoms with E-state index in [9.17, 15) is 14.5 Å². The maximum Gasteiger partial charge on any atom is 0.305 e. The molecule has 0 heterocycles. The molecule has 1 fully saturated rings. The van der Waals surface area contributed by atoms with E-state index < -0.39 is 16.4 Å². The van der Waals surface area contributed by atoms with Crippen molar-refractivity contribution in [3.05, 3.63) is 39.7 Å². The lowest BCUT2D eigenvalue weighted by Gasteiger charge is -2.27. The Bertz CT molecular complexity index is 477. The molecule has 1 unspecified atom stereocenters. The van der Waals surface area contributed by atoms with Crippen molar-refractivity contribution in [2.75, 3.05) is 13.6 Å². The second-order valence-corrected chi connectivity index (χ2v) is 5.06. The summed E-state index contributed by atoms with van der Waals surface area (Å²) in [6, 6.07) is 4.50. The van der Waals surface area contributed by atoms with Crippen molar-refractivity contribution in [3.63, 3.8) is 0 Å². The highest BCUT2D eigenvalue weighted by Gasteiger charge is 2.33. The standard InChI is InChI=1S/C13H18FN3O2/c1-16(12(7-15)9-5-6-9)8-10-3-2-4-11(13(10)14)17(18)19/h2-4,9,12H,5-8,15H2,1H3. The second kappa shape index (κ2) is 5.63. The summed E-state index contributed by atoms with van der Waals surface area (Å²) in [6.07, 6.45) is 2.31. The summed E-state index contributed by atoms with van der Waals surface area (Å²) in [5.41, 5.74) is 5.61. The van der Waals surface area contributed by atoms with Crippen molar-refractivity contribution in [1.82, 2.24) is 4.90 Å². The van der Waals surface area contributed by atoms with Crippen molar-refractivity contribution >= 4 is 5.69 Å². The Morgan fingerprint density at radius 3 is 2.79 bits per heavy atom. The largest absolute Gasteiger partial charge is 0.329 e. The molecule has 0 bridgehead atoms. The van der Waals surface area contributed by atoms with Gasteiger partial charge in [0.25, 0.3) is 0 Å². The van der Waals surface area contributed by atoms with Crippen LogP contribution >= 0.6 is 0 Å². The first kappa shape index (κ1) is 13.9. The topological polar surface area (TPSA) is 72.4 Å². The highest BCUT2D eigenvalue weighted by atomic mass is 19.1. The van der Waals surface area contributed by atoms with Crippen LogP contribution in [-0.2, 0) is 6.54 Å². The van der Waals surface area contributed by atoms with Gasteiger partial charge in [-0.1, -0.05) is 12.1 Å². The van der Waals surface area contributed by atoms with Crippen molar-refractivity contribution < 1.29 is 9.31 Å². The highest BCUT2D eigenvalue weighted by Crippen LogP contribution is 2.35. The normalized spacial score (nSPS) is 16.6. The molecule has 0 aliphatic heterocycles. The van der Waals surface area contributed by atoms with Crippen LogP contribution in [0.3, 0.4) is 0 Å². The molecule has 19 heavy (non-hydrogen) atoms. The molecule has 2 N–H and O–H groups in total. The smallest absolute Gasteiger partial charge is 0.305 e. The summed E-state index contributed by atoms with van der Waals surface area (Å²) in [4.78, 5) is 12.0. The van der Waals surface area contributed by atoms with Crippen LogP contribution in [-0.4, -0.2) is 29.5 Å². The fourth-order valence-corrected chi connectivity index (χ4v) is 2.43. The summed E-state index contributed by atoms with van der Waals surface area (Å²) in [7, 11) is 1.88. The fraction of sp³-hybridized carbons (Fsp3) is 0.538. The third kappa shape index (κ3) is 3.08. The Morgan fingerprint density at radius 2 is 2.26 bits per heavy atom. The molecular formula is C13H18FN3O2. The van der Waals surface area contributed by atoms with E-state index in [4.69, 9.17) is 5.73 Å². The van der Waals surface area contributed by atoms with Crippen molar-refractivity contribution in [1.29, 1.82) is 0 Å². The number of likely N-dealkylation sites (N-methyl/N-ethyl adjacent to an activating group) is 1. The molecule has 0 spiro atoms. The van der Waals surface area contributed by atoms with Gasteiger partial charge in [-0.3, -0.25) is 15.0 Å². The van der Waals surface area contributed by atoms with Gasteiger partial charge in [0, 0.05) is 30.8 Å². The first-order valence-corrected chi connectivity index (χ1v) is 6.36. The average Bonchev–Trinajstić information content (AvgIpc) is 3.17. The van der Waals surface area contributed by atoms with Gasteiger partial charge in [-0.2, -0.15) is 4.39 Å². The first-order valence-electron chi connectivity index (χ1n) is 6.36. The van der Waals surface area contributed by atoms with Gasteiger partial charge in [0.2, 0.25) is 5.82 Å². The van der Waals surface area contributed by atoms with Gasteiger partial charge in [-0.15, -0.1) is 0 Å². The molecule has 1 aliphatic carbocycles. The maximum atomic E-state index is 14.0. The Morgan fingerprint density at radius 1 is 1.58 bits per heavy atom. The third-order valence-electron chi connectivity index (χ3n) is 3.65. The number of hydrogen-bond acceptors (Lipinski definition) is 4. The van der Waals surface area contributed by atoms with Crippen LogP contribution in [0.5, 0.6) is 0 Å². The quantitative estimate of drug-likeness (QED) is 0.631. The zero-order valence-electron chi connectivity index (χ0n) is 10.9. The number of benzene rings is 1. The fourth-order valence-electron chi connectivity index (χ4n) is 2.43. The molecule has 1 aromatic rings. The Balaban J connectivity index is 2.14. The van der Waals surface area contributed by atoms with E-state index in [0.29, 0.717) is 24.6 Å². The Hall–Kier alpha value is -1.53. The summed E-state index contributed by atoms with van der Waals surface area (Å²) in [5.74, 6) is -0.164. The van der Waals surface area contributed by atoms with E-state index in [2.05, 4.69) is 0 Å². The molecule has 6 heteroatoms. The summed E-state index contributed by atoms with van der Waals surface area (Å²) in [5, 5.41) is 10.7. The van der Waals surface area contributed by atoms with E-state index in [0.717, 1.165) is 12.8 Å². The molecule has 5 nitrogen and oxygen atoms in total. The van der Waals surface area contributed by atoms with Crippen molar-refractivity contribution in [2.24, 2.45) is 11.7 Å². The van der Waals surface area contributed by atoms with E-state index in [-0.39, 0.29) is 6.04 Å². The van der Waals surface area contributed by atoms with E-state index >= 15 is 0 Å². The molecule has 0 saturated heterocycles. The number of halogens is 1. The second-order valence-electron chi connectivity index (χ2n) is 5.06. The minimum Gasteiger partial charge on any atom is -0.329 e. The predicted octanol–water partition coefficient (Wildman–Crippen LogP) is 1.90. The molecule has 2 rings (SSSR count). The Labute approximate surface area is 111 Å². The van der Waals surface area contributed by atoms with Gasteiger partial charge in [0.1, 0.15) is 0 Å². The van der Waals surface area contributed by atoms with Crippen LogP contribution in [0.1, 0.15) is 18.4 Å². The molecule has 1 saturated carbocycles. The zero-order chi connectivity index (χ0) is 14.0. The molecule has 0 amide bonds. The van der Waals surface area contributed by atoms with Crippen LogP contribution in [0.4, 0.5) is 10.1 Å². The molecule has 0 radical (unpaired) electrons. The minimum absolute atomic E-state index is 0.221. The lowest BCUT2D eigenvalue weighted by molar-refractivity contribution is -0.387. The number of nitrogens with zero attached hydrogens (tertiary/aromatic N) is 2. The molecule has 1 atom stereocenters. The van der Waals surface area contributed by atoms with Crippen molar-refractivity contribution in [2.45, 2.75) is 25.4 Å². The van der Waals surface area contributed by atoms with Gasteiger partial charge in [-0.25, -0.2) is 0 Å². The van der Waals surface area contributed by atoms with E-state index in [1.165, 1.54) is 12.1 Å². The van der Waals surface area contributed by atoms with Crippen LogP contribution in [0, 0.1) is 21.8 Å². The number of nitro groups is 1. The van der Waals surface area contributed by atoms with Gasteiger partial charge >= 0.3 is 5.69 Å². The SMILES string of the molecule is CN(Cc1cccc([N+](=O)[O-])c1F)C(CN)C1CC1. The van der Waals surface area contributed by atoms with E-state index in [1.54, 1.807) is 6.07 Å². The highest BCUT2D eigenvalue weighted by molar-refractivity contribution is 5.36. The van der Waals surface area contributed by atoms with Gasteiger partial charge < -0.3 is 5.73 Å². The first-order chi connectivity index (χ1) is 9.04. The molecular weight excluding hydrogens is 249 g/mol. The van der Waals surface area contributed by atoms with Crippen molar-refractivity contribution in [3.8, 4) is 0 Å². The Kier molecular flexibility index (Phi) is 4.11. The number of nitro benzene ring substituents is 1. The summed E-state index contributed by atoms with van der Waals surface area (Å²) in [6.45, 7) is 0.865. The van der Waals surface area contributed by atoms with Gasteiger partial charge in [0.15, 0.2) is 0 Å². The molecule has 1 aliphatic rings. The number of rotatable bonds is 6. The van der Waals surface area contributed by atoms with Crippen LogP contribution < -0.4 is 5.73 Å². The molecule has 0 aromatic heterocycles. The maximum absolute atomic E-state index is 14.0. The predicted molar refractivity (Wildman–Crippen MR) is 70.1 cm³/mol. The van der Waals surface area contributed by atoms with Crippen LogP contribution in [0.2, 0.25) is 0 Å². The zero-order valence-corrected chi connectivity index (χ0v) is 10.9. The molecule has 104 valence electrons. The summed E-state index contributed by atoms with van der Waals surface area (Å²) < 4.78 is 14.0. The van der Waals surface area contributed by atoms with Gasteiger partial charge in [0.05, 0.1) is 4.92 Å². The van der Waals surface area contributed by atoms with Crippen LogP contribution in [0.15, 0.2) is 18.2 Å². The van der Waals surface area contributed by atoms with E-state index in [1.807, 2.05) is 11.9 Å². The minimum atomic E-state index is -0.745. The number of hydrogen-bond donors (Lipinski definition) is 1. The molecule has 1 aromatic carbocycles. The lowest BCUT2D eigenvalue weighted by atomic mass is 10.1.